The number of halogens is 3. The van der Waals surface area contributed by atoms with Gasteiger partial charge >= 0.3 is 0 Å². The minimum absolute atomic E-state index is 0.00180. The van der Waals surface area contributed by atoms with E-state index in [1.807, 2.05) is 6.07 Å². The zero-order chi connectivity index (χ0) is 30.7. The Morgan fingerprint density at radius 2 is 1.98 bits per heavy atom. The van der Waals surface area contributed by atoms with Crippen LogP contribution in [0.3, 0.4) is 0 Å². The summed E-state index contributed by atoms with van der Waals surface area (Å²) < 4.78 is 26.6. The van der Waals surface area contributed by atoms with Crippen molar-refractivity contribution in [2.45, 2.75) is 25.1 Å². The van der Waals surface area contributed by atoms with Crippen LogP contribution in [0.1, 0.15) is 22.5 Å². The molecular weight excluding hydrogens is 602 g/mol. The molecule has 0 spiro atoms. The summed E-state index contributed by atoms with van der Waals surface area (Å²) in [5.41, 5.74) is 1.18. The fraction of sp³-hybridized carbons (Fsp3) is 0.276. The van der Waals surface area contributed by atoms with Crippen LogP contribution in [0, 0.1) is 5.82 Å². The lowest BCUT2D eigenvalue weighted by atomic mass is 10.00. The normalized spacial score (nSPS) is 16.6. The zero-order valence-corrected chi connectivity index (χ0v) is 24.6. The van der Waals surface area contributed by atoms with Crippen LogP contribution in [0.15, 0.2) is 53.6 Å². The number of anilines is 1. The number of ether oxygens (including phenoxy) is 2. The summed E-state index contributed by atoms with van der Waals surface area (Å²) in [6.45, 7) is 1.27. The van der Waals surface area contributed by atoms with Gasteiger partial charge in [0.25, 0.3) is 11.5 Å². The van der Waals surface area contributed by atoms with Crippen LogP contribution in [-0.4, -0.2) is 63.2 Å². The molecule has 1 fully saturated rings. The van der Waals surface area contributed by atoms with Crippen molar-refractivity contribution in [2.75, 3.05) is 25.6 Å². The third kappa shape index (κ3) is 6.53. The smallest absolute Gasteiger partial charge is 0.298 e. The van der Waals surface area contributed by atoms with Crippen LogP contribution in [-0.2, 0) is 18.3 Å². The number of benzene rings is 2. The third-order valence-electron chi connectivity index (χ3n) is 6.99. The first-order valence-corrected chi connectivity index (χ1v) is 13.9. The van der Waals surface area contributed by atoms with Crippen molar-refractivity contribution in [2.24, 2.45) is 7.05 Å². The molecule has 0 bridgehead atoms. The van der Waals surface area contributed by atoms with E-state index in [4.69, 9.17) is 32.7 Å². The zero-order valence-electron chi connectivity index (χ0n) is 23.1. The summed E-state index contributed by atoms with van der Waals surface area (Å²) in [4.78, 5) is 33.4. The maximum atomic E-state index is 14.8. The molecule has 3 heterocycles. The highest BCUT2D eigenvalue weighted by Gasteiger charge is 2.24. The number of aliphatic hydroxyl groups is 1. The van der Waals surface area contributed by atoms with Crippen LogP contribution in [0.2, 0.25) is 10.0 Å². The maximum absolute atomic E-state index is 14.8. The first-order chi connectivity index (χ1) is 20.7. The number of rotatable bonds is 8. The molecule has 1 saturated heterocycles. The monoisotopic (exact) mass is 628 g/mol. The fourth-order valence-electron chi connectivity index (χ4n) is 4.71. The van der Waals surface area contributed by atoms with Gasteiger partial charge in [-0.3, -0.25) is 9.59 Å². The van der Waals surface area contributed by atoms with Gasteiger partial charge in [0.2, 0.25) is 5.88 Å². The van der Waals surface area contributed by atoms with Crippen molar-refractivity contribution < 1.29 is 23.8 Å². The lowest BCUT2D eigenvalue weighted by molar-refractivity contribution is -0.0281. The highest BCUT2D eigenvalue weighted by molar-refractivity contribution is 6.39. The standard InChI is InChI=1S/C29H27Cl2FN6O5/c1-38-29(41)26(34-14-35-38)27(40)36-22-11-16(32)10-19(25(22)31)17-4-3-5-18(24(17)30)20-7-6-15(28(37-20)42-2)12-33-21-8-9-43-13-23(21)39/h3-7,10-11,14,21,23,33,39H,8-9,12-13H2,1-2H3,(H,36,40)/t21-,23+/m1/s1. The Hall–Kier alpha value is -3.94. The Kier molecular flexibility index (Phi) is 9.33. The van der Waals surface area contributed by atoms with Gasteiger partial charge in [0, 0.05) is 48.5 Å². The van der Waals surface area contributed by atoms with Crippen molar-refractivity contribution in [1.29, 1.82) is 0 Å². The Morgan fingerprint density at radius 1 is 1.19 bits per heavy atom. The number of carbonyl (C=O) groups excluding carboxylic acids is 1. The summed E-state index contributed by atoms with van der Waals surface area (Å²) in [5.74, 6) is -1.20. The highest BCUT2D eigenvalue weighted by atomic mass is 35.5. The SMILES string of the molecule is COc1nc(-c2cccc(-c3cc(F)cc(NC(=O)c4ncnn(C)c4=O)c3Cl)c2Cl)ccc1CN[C@@H]1CCOC[C@@H]1O. The number of hydrogen-bond donors (Lipinski definition) is 3. The number of carbonyl (C=O) groups is 1. The van der Waals surface area contributed by atoms with Gasteiger partial charge in [0.1, 0.15) is 12.1 Å². The molecule has 4 aromatic rings. The van der Waals surface area contributed by atoms with E-state index in [1.165, 1.54) is 20.2 Å². The van der Waals surface area contributed by atoms with E-state index in [9.17, 15) is 19.1 Å². The van der Waals surface area contributed by atoms with E-state index in [0.717, 1.165) is 22.6 Å². The van der Waals surface area contributed by atoms with Crippen molar-refractivity contribution in [3.63, 3.8) is 0 Å². The molecule has 2 aromatic heterocycles. The predicted molar refractivity (Wildman–Crippen MR) is 159 cm³/mol. The van der Waals surface area contributed by atoms with Crippen molar-refractivity contribution >= 4 is 34.8 Å². The Morgan fingerprint density at radius 3 is 2.74 bits per heavy atom. The maximum Gasteiger partial charge on any atom is 0.298 e. The molecule has 43 heavy (non-hydrogen) atoms. The third-order valence-corrected chi connectivity index (χ3v) is 7.80. The van der Waals surface area contributed by atoms with Gasteiger partial charge < -0.3 is 25.2 Å². The van der Waals surface area contributed by atoms with Gasteiger partial charge in [-0.2, -0.15) is 5.10 Å². The molecule has 2 aromatic carbocycles. The number of aryl methyl sites for hydroxylation is 1. The minimum atomic E-state index is -0.876. The summed E-state index contributed by atoms with van der Waals surface area (Å²) in [5, 5.41) is 19.9. The second kappa shape index (κ2) is 13.1. The van der Waals surface area contributed by atoms with Crippen LogP contribution < -0.4 is 20.9 Å². The van der Waals surface area contributed by atoms with E-state index >= 15 is 0 Å². The van der Waals surface area contributed by atoms with Crippen molar-refractivity contribution in [1.82, 2.24) is 25.1 Å². The lowest BCUT2D eigenvalue weighted by Gasteiger charge is -2.28. The molecule has 0 saturated carbocycles. The van der Waals surface area contributed by atoms with Gasteiger partial charge in [-0.25, -0.2) is 19.0 Å². The number of nitrogens with zero attached hydrogens (tertiary/aromatic N) is 4. The average molecular weight is 629 g/mol. The van der Waals surface area contributed by atoms with Crippen LogP contribution in [0.25, 0.3) is 22.4 Å². The topological polar surface area (TPSA) is 140 Å². The highest BCUT2D eigenvalue weighted by Crippen LogP contribution is 2.42. The molecule has 0 unspecified atom stereocenters. The molecule has 5 rings (SSSR count). The second-order valence-electron chi connectivity index (χ2n) is 9.76. The molecule has 1 amide bonds. The average Bonchev–Trinajstić information content (AvgIpc) is 3.00. The van der Waals surface area contributed by atoms with Gasteiger partial charge in [-0.05, 0) is 24.6 Å². The van der Waals surface area contributed by atoms with E-state index in [0.29, 0.717) is 42.3 Å². The number of hydrogen-bond acceptors (Lipinski definition) is 9. The number of nitrogens with one attached hydrogen (secondary N) is 2. The molecule has 3 N–H and O–H groups in total. The Labute approximate surface area is 255 Å². The van der Waals surface area contributed by atoms with Gasteiger partial charge in [0.05, 0.1) is 41.2 Å². The van der Waals surface area contributed by atoms with Gasteiger partial charge in [0.15, 0.2) is 5.69 Å². The summed E-state index contributed by atoms with van der Waals surface area (Å²) in [6.07, 6.45) is 1.14. The number of aromatic nitrogens is 4. The minimum Gasteiger partial charge on any atom is -0.481 e. The molecule has 2 atom stereocenters. The van der Waals surface area contributed by atoms with E-state index in [1.54, 1.807) is 24.3 Å². The van der Waals surface area contributed by atoms with Crippen LogP contribution in [0.4, 0.5) is 10.1 Å². The van der Waals surface area contributed by atoms with Gasteiger partial charge in [-0.1, -0.05) is 47.5 Å². The van der Waals surface area contributed by atoms with E-state index < -0.39 is 29.1 Å². The molecule has 224 valence electrons. The quantitative estimate of drug-likeness (QED) is 0.265. The van der Waals surface area contributed by atoms with Gasteiger partial charge in [-0.15, -0.1) is 0 Å². The molecule has 0 aliphatic carbocycles. The molecule has 14 heteroatoms. The second-order valence-corrected chi connectivity index (χ2v) is 10.5. The van der Waals surface area contributed by atoms with Crippen molar-refractivity contribution in [3.8, 4) is 28.3 Å². The Bertz CT molecular complexity index is 1740. The predicted octanol–water partition coefficient (Wildman–Crippen LogP) is 3.85. The molecule has 1 aliphatic heterocycles. The van der Waals surface area contributed by atoms with E-state index in [-0.39, 0.29) is 33.9 Å². The molecule has 0 radical (unpaired) electrons. The first kappa shape index (κ1) is 30.5. The number of aliphatic hydroxyl groups excluding tert-OH is 1. The summed E-state index contributed by atoms with van der Waals surface area (Å²) in [7, 11) is 2.88. The van der Waals surface area contributed by atoms with Crippen LogP contribution >= 0.6 is 23.2 Å². The van der Waals surface area contributed by atoms with Crippen molar-refractivity contribution in [3.05, 3.63) is 86.3 Å². The summed E-state index contributed by atoms with van der Waals surface area (Å²) >= 11 is 13.5. The fourth-order valence-corrected chi connectivity index (χ4v) is 5.29. The number of pyridine rings is 1. The number of methoxy groups -OCH3 is 1. The van der Waals surface area contributed by atoms with E-state index in [2.05, 4.69) is 25.7 Å². The molecule has 1 aliphatic rings. The summed E-state index contributed by atoms with van der Waals surface area (Å²) in [6, 6.07) is 10.9. The number of amides is 1. The first-order valence-electron chi connectivity index (χ1n) is 13.2. The Balaban J connectivity index is 1.44. The van der Waals surface area contributed by atoms with Crippen LogP contribution in [0.5, 0.6) is 5.88 Å². The largest absolute Gasteiger partial charge is 0.481 e. The molecular formula is C29H27Cl2FN6O5. The molecule has 11 nitrogen and oxygen atoms in total. The lowest BCUT2D eigenvalue weighted by Crippen LogP contribution is -2.46.